The first-order chi connectivity index (χ1) is 22.3. The number of benzene rings is 6. The third-order valence-electron chi connectivity index (χ3n) is 8.74. The Balaban J connectivity index is 1.16. The molecule has 0 spiro atoms. The molecule has 5 nitrogen and oxygen atoms in total. The zero-order valence-electron chi connectivity index (χ0n) is 24.3. The quantitative estimate of drug-likeness (QED) is 0.210. The molecule has 0 radical (unpaired) electrons. The molecule has 0 amide bonds. The molecule has 2 N–H and O–H groups in total. The SMILES string of the molecule is c1ccc(C2N=c3ccccc3=C(c3ccc(-c4nc5ccccc5c5c6c(ccc45)OC(c4ccccc4)N6)cc3)N2)cc1. The fourth-order valence-corrected chi connectivity index (χ4v) is 6.56. The summed E-state index contributed by atoms with van der Waals surface area (Å²) in [4.78, 5) is 10.2. The van der Waals surface area contributed by atoms with Crippen molar-refractivity contribution in [1.82, 2.24) is 10.3 Å². The van der Waals surface area contributed by atoms with Crippen LogP contribution in [-0.2, 0) is 0 Å². The number of nitrogens with zero attached hydrogens (tertiary/aromatic N) is 2. The summed E-state index contributed by atoms with van der Waals surface area (Å²) >= 11 is 0. The van der Waals surface area contributed by atoms with E-state index in [1.54, 1.807) is 0 Å². The lowest BCUT2D eigenvalue weighted by atomic mass is 9.97. The first-order valence-electron chi connectivity index (χ1n) is 15.2. The van der Waals surface area contributed by atoms with Crippen molar-refractivity contribution >= 4 is 33.1 Å². The van der Waals surface area contributed by atoms with Crippen molar-refractivity contribution in [3.63, 3.8) is 0 Å². The highest BCUT2D eigenvalue weighted by atomic mass is 16.5. The third kappa shape index (κ3) is 4.32. The van der Waals surface area contributed by atoms with E-state index in [-0.39, 0.29) is 12.4 Å². The number of ether oxygens (including phenoxy) is 1. The first kappa shape index (κ1) is 25.5. The van der Waals surface area contributed by atoms with E-state index in [9.17, 15) is 0 Å². The van der Waals surface area contributed by atoms with Crippen LogP contribution in [0.1, 0.15) is 29.1 Å². The Kier molecular flexibility index (Phi) is 5.88. The van der Waals surface area contributed by atoms with Crippen LogP contribution in [0.25, 0.3) is 38.6 Å². The number of anilines is 1. The van der Waals surface area contributed by atoms with Gasteiger partial charge < -0.3 is 15.4 Å². The number of pyridine rings is 1. The molecule has 0 bridgehead atoms. The standard InChI is InChI=1S/C40H28N4O/c1-3-11-27(12-4-1)39-42-33-18-10-8-16-30(33)36(43-39)25-19-21-26(22-20-25)37-31-23-24-34-38(35(31)29-15-7-9-17-32(29)41-37)44-40(45-34)28-13-5-2-6-14-28/h1-24,39-40,43-44H. The van der Waals surface area contributed by atoms with Crippen LogP contribution < -0.4 is 25.9 Å². The minimum atomic E-state index is -0.240. The number of hydrogen-bond acceptors (Lipinski definition) is 5. The van der Waals surface area contributed by atoms with E-state index in [4.69, 9.17) is 14.7 Å². The predicted octanol–water partition coefficient (Wildman–Crippen LogP) is 7.64. The van der Waals surface area contributed by atoms with Crippen LogP contribution in [0.4, 0.5) is 5.69 Å². The summed E-state index contributed by atoms with van der Waals surface area (Å²) in [6.07, 6.45) is -0.394. The summed E-state index contributed by atoms with van der Waals surface area (Å²) < 4.78 is 6.40. The summed E-state index contributed by atoms with van der Waals surface area (Å²) in [5.41, 5.74) is 8.36. The Hall–Kier alpha value is -5.94. The molecule has 2 unspecified atom stereocenters. The van der Waals surface area contributed by atoms with Gasteiger partial charge in [-0.1, -0.05) is 121 Å². The zero-order chi connectivity index (χ0) is 29.7. The van der Waals surface area contributed by atoms with Crippen LogP contribution in [0.2, 0.25) is 0 Å². The number of para-hydroxylation sites is 2. The van der Waals surface area contributed by atoms with Gasteiger partial charge in [-0.2, -0.15) is 0 Å². The van der Waals surface area contributed by atoms with Crippen LogP contribution >= 0.6 is 0 Å². The minimum absolute atomic E-state index is 0.154. The molecule has 1 aromatic heterocycles. The zero-order valence-corrected chi connectivity index (χ0v) is 24.3. The lowest BCUT2D eigenvalue weighted by Crippen LogP contribution is -2.39. The van der Waals surface area contributed by atoms with Crippen molar-refractivity contribution < 1.29 is 4.74 Å². The highest BCUT2D eigenvalue weighted by Gasteiger charge is 2.27. The molecule has 2 aliphatic rings. The molecular weight excluding hydrogens is 552 g/mol. The number of hydrogen-bond donors (Lipinski definition) is 2. The lowest BCUT2D eigenvalue weighted by Gasteiger charge is -2.23. The molecule has 2 atom stereocenters. The van der Waals surface area contributed by atoms with Crippen LogP contribution in [0, 0.1) is 0 Å². The Bertz CT molecular complexity index is 2350. The highest BCUT2D eigenvalue weighted by Crippen LogP contribution is 2.47. The molecule has 9 rings (SSSR count). The van der Waals surface area contributed by atoms with Gasteiger partial charge in [-0.25, -0.2) is 4.98 Å². The number of rotatable bonds is 4. The monoisotopic (exact) mass is 580 g/mol. The third-order valence-corrected chi connectivity index (χ3v) is 8.74. The maximum absolute atomic E-state index is 6.40. The smallest absolute Gasteiger partial charge is 0.196 e. The molecule has 0 aliphatic carbocycles. The van der Waals surface area contributed by atoms with E-state index in [0.29, 0.717) is 0 Å². The maximum atomic E-state index is 6.40. The Morgan fingerprint density at radius 3 is 2.07 bits per heavy atom. The van der Waals surface area contributed by atoms with Gasteiger partial charge >= 0.3 is 0 Å². The van der Waals surface area contributed by atoms with Crippen LogP contribution in [0.5, 0.6) is 5.75 Å². The molecule has 7 aromatic rings. The van der Waals surface area contributed by atoms with Crippen LogP contribution in [-0.4, -0.2) is 4.98 Å². The fourth-order valence-electron chi connectivity index (χ4n) is 6.56. The highest BCUT2D eigenvalue weighted by molar-refractivity contribution is 6.17. The van der Waals surface area contributed by atoms with Gasteiger partial charge in [0.15, 0.2) is 6.23 Å². The number of nitrogens with one attached hydrogen (secondary N) is 2. The van der Waals surface area contributed by atoms with Crippen LogP contribution in [0.3, 0.4) is 0 Å². The van der Waals surface area contributed by atoms with Crippen molar-refractivity contribution in [3.05, 3.63) is 173 Å². The summed E-state index contributed by atoms with van der Waals surface area (Å²) in [5, 5.41) is 12.8. The van der Waals surface area contributed by atoms with Crippen molar-refractivity contribution in [2.75, 3.05) is 5.32 Å². The van der Waals surface area contributed by atoms with Gasteiger partial charge in [-0.15, -0.1) is 0 Å². The summed E-state index contributed by atoms with van der Waals surface area (Å²) in [7, 11) is 0. The molecule has 45 heavy (non-hydrogen) atoms. The average molecular weight is 581 g/mol. The van der Waals surface area contributed by atoms with E-state index in [1.807, 2.05) is 36.4 Å². The van der Waals surface area contributed by atoms with E-state index in [0.717, 1.165) is 77.3 Å². The van der Waals surface area contributed by atoms with Gasteiger partial charge in [0.2, 0.25) is 0 Å². The molecule has 3 heterocycles. The van der Waals surface area contributed by atoms with Gasteiger partial charge in [0.1, 0.15) is 11.9 Å². The van der Waals surface area contributed by atoms with Gasteiger partial charge in [0.05, 0.1) is 28.0 Å². The summed E-state index contributed by atoms with van der Waals surface area (Å²) in [5.74, 6) is 0.853. The summed E-state index contributed by atoms with van der Waals surface area (Å²) in [6, 6.07) is 50.3. The van der Waals surface area contributed by atoms with E-state index >= 15 is 0 Å². The largest absolute Gasteiger partial charge is 0.464 e. The second-order valence-electron chi connectivity index (χ2n) is 11.4. The van der Waals surface area contributed by atoms with Crippen molar-refractivity contribution in [2.24, 2.45) is 4.99 Å². The Labute approximate surface area is 260 Å². The number of aromatic nitrogens is 1. The van der Waals surface area contributed by atoms with Crippen molar-refractivity contribution in [3.8, 4) is 17.0 Å². The lowest BCUT2D eigenvalue weighted by molar-refractivity contribution is 0.260. The summed E-state index contributed by atoms with van der Waals surface area (Å²) in [6.45, 7) is 0. The number of fused-ring (bicyclic) bond motifs is 6. The van der Waals surface area contributed by atoms with Crippen molar-refractivity contribution in [1.29, 1.82) is 0 Å². The maximum Gasteiger partial charge on any atom is 0.196 e. The fraction of sp³-hybridized carbons (Fsp3) is 0.0500. The molecule has 2 aliphatic heterocycles. The molecule has 0 saturated carbocycles. The molecule has 214 valence electrons. The average Bonchev–Trinajstić information content (AvgIpc) is 3.56. The van der Waals surface area contributed by atoms with Gasteiger partial charge in [0, 0.05) is 32.5 Å². The molecular formula is C40H28N4O. The van der Waals surface area contributed by atoms with E-state index in [1.165, 1.54) is 0 Å². The Morgan fingerprint density at radius 2 is 1.24 bits per heavy atom. The van der Waals surface area contributed by atoms with E-state index < -0.39 is 0 Å². The first-order valence-corrected chi connectivity index (χ1v) is 15.2. The second kappa shape index (κ2) is 10.4. The topological polar surface area (TPSA) is 58.5 Å². The molecule has 0 saturated heterocycles. The van der Waals surface area contributed by atoms with Gasteiger partial charge in [-0.05, 0) is 35.4 Å². The molecule has 5 heteroatoms. The van der Waals surface area contributed by atoms with Crippen molar-refractivity contribution in [2.45, 2.75) is 12.4 Å². The predicted molar refractivity (Wildman–Crippen MR) is 180 cm³/mol. The normalized spacial score (nSPS) is 16.7. The van der Waals surface area contributed by atoms with Gasteiger partial charge in [-0.3, -0.25) is 4.99 Å². The Morgan fingerprint density at radius 1 is 0.556 bits per heavy atom. The van der Waals surface area contributed by atoms with Crippen LogP contribution in [0.15, 0.2) is 151 Å². The van der Waals surface area contributed by atoms with Gasteiger partial charge in [0.25, 0.3) is 0 Å². The second-order valence-corrected chi connectivity index (χ2v) is 11.4. The molecule has 0 fully saturated rings. The van der Waals surface area contributed by atoms with E-state index in [2.05, 4.69) is 120 Å². The molecule has 6 aromatic carbocycles. The minimum Gasteiger partial charge on any atom is -0.464 e.